The van der Waals surface area contributed by atoms with Crippen molar-refractivity contribution in [1.29, 1.82) is 0 Å². The molecule has 12 nitrogen and oxygen atoms in total. The first kappa shape index (κ1) is 37.3. The number of methoxy groups -OCH3 is 2. The van der Waals surface area contributed by atoms with E-state index in [1.165, 1.54) is 28.1 Å². The van der Waals surface area contributed by atoms with Crippen molar-refractivity contribution in [2.45, 2.75) is 86.0 Å². The van der Waals surface area contributed by atoms with E-state index in [9.17, 15) is 50.1 Å². The van der Waals surface area contributed by atoms with Gasteiger partial charge in [0.1, 0.15) is 68.4 Å². The van der Waals surface area contributed by atoms with E-state index in [2.05, 4.69) is 0 Å². The second-order valence-corrected chi connectivity index (χ2v) is 11.7. The first-order chi connectivity index (χ1) is 22.6. The summed E-state index contributed by atoms with van der Waals surface area (Å²) in [5, 5.41) is 78.8. The van der Waals surface area contributed by atoms with Crippen molar-refractivity contribution in [1.82, 2.24) is 0 Å². The molecule has 3 aromatic rings. The van der Waals surface area contributed by atoms with Crippen LogP contribution in [0.4, 0.5) is 0 Å². The van der Waals surface area contributed by atoms with Crippen LogP contribution in [0, 0.1) is 13.8 Å². The van der Waals surface area contributed by atoms with E-state index < -0.39 is 76.0 Å². The van der Waals surface area contributed by atoms with Gasteiger partial charge in [-0.05, 0) is 33.1 Å². The van der Waals surface area contributed by atoms with Crippen LogP contribution < -0.4 is 9.47 Å². The fourth-order valence-electron chi connectivity index (χ4n) is 6.02. The van der Waals surface area contributed by atoms with Crippen molar-refractivity contribution in [3.05, 3.63) is 50.1 Å². The number of phenols is 7. The molecule has 0 aliphatic carbocycles. The number of phenolic OH excluding ortho intramolecular Hbond substituents is 7. The number of Topliss-reactive ketones (excluding diaryl/α,β-unsaturated/α-hetero) is 3. The maximum atomic E-state index is 13.3. The lowest BCUT2D eigenvalue weighted by atomic mass is 9.87. The molecule has 3 rings (SSSR count). The van der Waals surface area contributed by atoms with Crippen molar-refractivity contribution < 1.29 is 59.6 Å². The zero-order valence-corrected chi connectivity index (χ0v) is 28.3. The highest BCUT2D eigenvalue weighted by atomic mass is 16.5. The molecule has 0 bridgehead atoms. The molecule has 0 saturated heterocycles. The Hall–Kier alpha value is -5.13. The van der Waals surface area contributed by atoms with Crippen LogP contribution in [-0.4, -0.2) is 67.3 Å². The first-order valence-corrected chi connectivity index (χ1v) is 15.7. The predicted octanol–water partition coefficient (Wildman–Crippen LogP) is 6.39. The molecular weight excluding hydrogens is 624 g/mol. The van der Waals surface area contributed by atoms with Crippen LogP contribution in [0.5, 0.6) is 51.7 Å². The average Bonchev–Trinajstić information content (AvgIpc) is 3.02. The molecule has 0 fully saturated rings. The van der Waals surface area contributed by atoms with Crippen LogP contribution >= 0.6 is 0 Å². The lowest BCUT2D eigenvalue weighted by Gasteiger charge is -2.23. The molecule has 48 heavy (non-hydrogen) atoms. The Morgan fingerprint density at radius 2 is 0.729 bits per heavy atom. The van der Waals surface area contributed by atoms with Crippen LogP contribution in [0.25, 0.3) is 0 Å². The molecule has 0 radical (unpaired) electrons. The summed E-state index contributed by atoms with van der Waals surface area (Å²) >= 11 is 0. The van der Waals surface area contributed by atoms with E-state index in [0.29, 0.717) is 19.3 Å². The maximum absolute atomic E-state index is 13.3. The van der Waals surface area contributed by atoms with Gasteiger partial charge in [0.05, 0.1) is 14.2 Å². The van der Waals surface area contributed by atoms with Gasteiger partial charge in [-0.1, -0.05) is 20.8 Å². The summed E-state index contributed by atoms with van der Waals surface area (Å²) in [5.41, 5.74) is -1.96. The lowest BCUT2D eigenvalue weighted by Crippen LogP contribution is -2.10. The number of rotatable bonds is 15. The van der Waals surface area contributed by atoms with Gasteiger partial charge in [-0.15, -0.1) is 0 Å². The summed E-state index contributed by atoms with van der Waals surface area (Å²) in [6, 6.07) is 0. The van der Waals surface area contributed by atoms with E-state index in [1.807, 2.05) is 0 Å². The van der Waals surface area contributed by atoms with E-state index >= 15 is 0 Å². The van der Waals surface area contributed by atoms with E-state index in [4.69, 9.17) is 9.47 Å². The number of aromatic hydroxyl groups is 7. The zero-order chi connectivity index (χ0) is 36.2. The summed E-state index contributed by atoms with van der Waals surface area (Å²) in [4.78, 5) is 39.2. The highest BCUT2D eigenvalue weighted by Crippen LogP contribution is 2.51. The van der Waals surface area contributed by atoms with Gasteiger partial charge < -0.3 is 45.2 Å². The molecule has 0 aromatic heterocycles. The van der Waals surface area contributed by atoms with Gasteiger partial charge in [0.15, 0.2) is 17.3 Å². The Morgan fingerprint density at radius 1 is 0.458 bits per heavy atom. The highest BCUT2D eigenvalue weighted by Gasteiger charge is 2.33. The predicted molar refractivity (Wildman–Crippen MR) is 177 cm³/mol. The summed E-state index contributed by atoms with van der Waals surface area (Å²) in [6.45, 7) is 8.12. The zero-order valence-electron chi connectivity index (χ0n) is 28.3. The summed E-state index contributed by atoms with van der Waals surface area (Å²) in [7, 11) is 2.52. The minimum atomic E-state index is -0.794. The molecule has 0 atom stereocenters. The van der Waals surface area contributed by atoms with Crippen LogP contribution in [0.1, 0.15) is 124 Å². The Morgan fingerprint density at radius 3 is 1.00 bits per heavy atom. The van der Waals surface area contributed by atoms with Gasteiger partial charge in [0.2, 0.25) is 0 Å². The Labute approximate surface area is 278 Å². The largest absolute Gasteiger partial charge is 0.507 e. The molecule has 0 spiro atoms. The second-order valence-electron chi connectivity index (χ2n) is 11.7. The summed E-state index contributed by atoms with van der Waals surface area (Å²) < 4.78 is 10.9. The fourth-order valence-corrected chi connectivity index (χ4v) is 6.02. The third-order valence-electron chi connectivity index (χ3n) is 8.46. The molecule has 7 N–H and O–H groups in total. The number of benzene rings is 3. The van der Waals surface area contributed by atoms with Crippen molar-refractivity contribution in [2.24, 2.45) is 0 Å². The average molecular weight is 669 g/mol. The monoisotopic (exact) mass is 668 g/mol. The minimum Gasteiger partial charge on any atom is -0.507 e. The van der Waals surface area contributed by atoms with Crippen LogP contribution in [-0.2, 0) is 12.8 Å². The minimum absolute atomic E-state index is 0.00196. The third kappa shape index (κ3) is 6.51. The molecule has 0 aliphatic heterocycles. The molecule has 0 unspecified atom stereocenters. The van der Waals surface area contributed by atoms with Gasteiger partial charge in [0, 0.05) is 65.5 Å². The molecular formula is C36H44O12. The molecule has 0 saturated carbocycles. The Bertz CT molecular complexity index is 1650. The normalized spacial score (nSPS) is 11.1. The molecule has 3 aromatic carbocycles. The van der Waals surface area contributed by atoms with E-state index in [1.54, 1.807) is 20.8 Å². The van der Waals surface area contributed by atoms with Gasteiger partial charge in [-0.25, -0.2) is 0 Å². The molecule has 0 aliphatic rings. The number of ether oxygens (including phenoxy) is 2. The molecule has 0 heterocycles. The number of carbonyl (C=O) groups is 3. The van der Waals surface area contributed by atoms with Gasteiger partial charge in [0.25, 0.3) is 0 Å². The molecule has 12 heteroatoms. The number of hydrogen-bond donors (Lipinski definition) is 7. The Balaban J connectivity index is 2.44. The molecule has 260 valence electrons. The smallest absolute Gasteiger partial charge is 0.170 e. The van der Waals surface area contributed by atoms with Gasteiger partial charge >= 0.3 is 0 Å². The maximum Gasteiger partial charge on any atom is 0.170 e. The standard InChI is InChI=1S/C36H44O12/c1-8-11-22(37)25-28(40)16(4)35(47-6)20(33(25)45)14-18-30(42)19(32(44)27(31(18)43)24(39)13-10-3)15-21-34(46)26(23(38)12-9-2)29(41)17(5)36(21)48-7/h40-46H,8-15H2,1-7H3. The topological polar surface area (TPSA) is 211 Å². The number of carbonyl (C=O) groups excluding carboxylic acids is 3. The highest BCUT2D eigenvalue weighted by molar-refractivity contribution is 6.04. The van der Waals surface area contributed by atoms with E-state index in [0.717, 1.165) is 0 Å². The van der Waals surface area contributed by atoms with Crippen molar-refractivity contribution in [3.63, 3.8) is 0 Å². The van der Waals surface area contributed by atoms with Crippen molar-refractivity contribution in [3.8, 4) is 51.7 Å². The SMILES string of the molecule is CCCC(=O)c1c(O)c(Cc2c(O)c(C(=O)CCC)c(O)c(C)c2OC)c(O)c(Cc2c(O)c(C(=O)CCC)c(O)c(C)c2OC)c1O. The summed E-state index contributed by atoms with van der Waals surface area (Å²) in [6.07, 6.45) is -0.00640. The first-order valence-electron chi connectivity index (χ1n) is 15.7. The van der Waals surface area contributed by atoms with Gasteiger partial charge in [-0.3, -0.25) is 14.4 Å². The van der Waals surface area contributed by atoms with Crippen LogP contribution in [0.3, 0.4) is 0 Å². The summed E-state index contributed by atoms with van der Waals surface area (Å²) in [5.74, 6) is -6.53. The van der Waals surface area contributed by atoms with Crippen molar-refractivity contribution in [2.75, 3.05) is 14.2 Å². The third-order valence-corrected chi connectivity index (χ3v) is 8.46. The Kier molecular flexibility index (Phi) is 11.8. The quantitative estimate of drug-likeness (QED) is 0.0878. The fraction of sp³-hybridized carbons (Fsp3) is 0.417. The number of hydrogen-bond acceptors (Lipinski definition) is 12. The van der Waals surface area contributed by atoms with Gasteiger partial charge in [-0.2, -0.15) is 0 Å². The molecule has 0 amide bonds. The second kappa shape index (κ2) is 15.2. The lowest BCUT2D eigenvalue weighted by molar-refractivity contribution is 0.0967. The van der Waals surface area contributed by atoms with E-state index in [-0.39, 0.29) is 75.3 Å². The van der Waals surface area contributed by atoms with Crippen LogP contribution in [0.15, 0.2) is 0 Å². The number of ketones is 3. The van der Waals surface area contributed by atoms with Crippen LogP contribution in [0.2, 0.25) is 0 Å². The van der Waals surface area contributed by atoms with Crippen molar-refractivity contribution >= 4 is 17.3 Å².